The third-order valence-corrected chi connectivity index (χ3v) is 10.6. The van der Waals surface area contributed by atoms with Gasteiger partial charge in [0.2, 0.25) is 0 Å². The highest BCUT2D eigenvalue weighted by Gasteiger charge is 2.75. The van der Waals surface area contributed by atoms with Crippen molar-refractivity contribution in [1.29, 1.82) is 0 Å². The highest BCUT2D eigenvalue weighted by atomic mass is 19.4. The average molecular weight is 500 g/mol. The Bertz CT molecular complexity index is 1210. The maximum absolute atomic E-state index is 14.0. The fraction of sp³-hybridized carbons (Fsp3) is 0.621. The van der Waals surface area contributed by atoms with Gasteiger partial charge in [-0.1, -0.05) is 36.4 Å². The molecule has 36 heavy (non-hydrogen) atoms. The quantitative estimate of drug-likeness (QED) is 0.313. The zero-order chi connectivity index (χ0) is 26.1. The predicted octanol–water partition coefficient (Wildman–Crippen LogP) is 7.46. The van der Waals surface area contributed by atoms with Gasteiger partial charge in [-0.05, 0) is 61.5 Å². The number of hydrogen-bond acceptors (Lipinski definition) is 3. The molecule has 6 atom stereocenters. The van der Waals surface area contributed by atoms with E-state index in [4.69, 9.17) is 11.3 Å². The molecule has 0 N–H and O–H groups in total. The first-order valence-electron chi connectivity index (χ1n) is 12.8. The van der Waals surface area contributed by atoms with E-state index in [0.717, 1.165) is 38.2 Å². The summed E-state index contributed by atoms with van der Waals surface area (Å²) in [6.07, 6.45) is 7.42. The summed E-state index contributed by atoms with van der Waals surface area (Å²) >= 11 is 0. The van der Waals surface area contributed by atoms with Crippen LogP contribution >= 0.6 is 0 Å². The third kappa shape index (κ3) is 3.18. The van der Waals surface area contributed by atoms with Crippen LogP contribution in [0.4, 0.5) is 13.2 Å². The number of carbonyl (C=O) groups is 1. The molecule has 4 unspecified atom stereocenters. The molecule has 0 aromatic carbocycles. The average Bonchev–Trinajstić information content (AvgIpc) is 3.12. The van der Waals surface area contributed by atoms with Gasteiger partial charge in [0, 0.05) is 37.7 Å². The summed E-state index contributed by atoms with van der Waals surface area (Å²) in [7, 11) is 0. The molecule has 5 rings (SSSR count). The van der Waals surface area contributed by atoms with Crippen LogP contribution in [0.25, 0.3) is 10.4 Å². The van der Waals surface area contributed by atoms with Crippen LogP contribution in [0.3, 0.4) is 0 Å². The van der Waals surface area contributed by atoms with Gasteiger partial charge in [-0.3, -0.25) is 9.78 Å². The number of aromatic nitrogens is 1. The smallest absolute Gasteiger partial charge is 0.417 e. The van der Waals surface area contributed by atoms with E-state index in [1.165, 1.54) is 24.9 Å². The normalized spacial score (nSPS) is 39.6. The fourth-order valence-corrected chi connectivity index (χ4v) is 8.43. The highest BCUT2D eigenvalue weighted by Crippen LogP contribution is 2.74. The standard InChI is InChI=1S/C29H34F3N2O2/c1-18(35)36-20-8-11-25(2)19(16-20)6-7-24-27(25,4)14-13-26(3)22(9-12-28(24,26)33-5)21-17-34-15-10-23(21)29(30,31)32/h5-6,9-10,15,17,20,24H,7-8,11-14,16H2,1-4H3/q+1/t20?,24?,25?,26?,27-,28+/m0/s1. The number of rotatable bonds is 2. The molecule has 0 bridgehead atoms. The zero-order valence-corrected chi connectivity index (χ0v) is 21.4. The van der Waals surface area contributed by atoms with Gasteiger partial charge >= 0.3 is 12.1 Å². The number of pyridine rings is 1. The summed E-state index contributed by atoms with van der Waals surface area (Å²) in [5.74, 6) is -0.177. The van der Waals surface area contributed by atoms with Gasteiger partial charge in [0.1, 0.15) is 6.10 Å². The summed E-state index contributed by atoms with van der Waals surface area (Å²) in [6, 6.07) is 1.06. The Labute approximate surface area is 210 Å². The van der Waals surface area contributed by atoms with Crippen molar-refractivity contribution in [2.24, 2.45) is 22.2 Å². The van der Waals surface area contributed by atoms with Gasteiger partial charge in [0.05, 0.1) is 16.9 Å². The molecule has 192 valence electrons. The van der Waals surface area contributed by atoms with Crippen molar-refractivity contribution in [3.8, 4) is 6.57 Å². The number of hydrogen-bond donors (Lipinski definition) is 0. The molecule has 2 saturated carbocycles. The maximum Gasteiger partial charge on any atom is 0.417 e. The molecule has 0 saturated heterocycles. The summed E-state index contributed by atoms with van der Waals surface area (Å²) < 4.78 is 47.4. The second-order valence-corrected chi connectivity index (χ2v) is 11.9. The molecule has 2 fully saturated rings. The number of ether oxygens (including phenoxy) is 1. The Morgan fingerprint density at radius 1 is 1.17 bits per heavy atom. The number of halogens is 3. The van der Waals surface area contributed by atoms with Crippen LogP contribution in [0.15, 0.2) is 36.2 Å². The number of allylic oxidation sites excluding steroid dienone is 1. The molecule has 0 spiro atoms. The minimum Gasteiger partial charge on any atom is -0.462 e. The van der Waals surface area contributed by atoms with Crippen LogP contribution in [0.1, 0.15) is 83.8 Å². The van der Waals surface area contributed by atoms with Crippen molar-refractivity contribution in [1.82, 2.24) is 4.98 Å². The Balaban J connectivity index is 1.56. The molecule has 0 aliphatic heterocycles. The lowest BCUT2D eigenvalue weighted by molar-refractivity contribution is -0.150. The van der Waals surface area contributed by atoms with E-state index in [1.807, 2.05) is 13.0 Å². The van der Waals surface area contributed by atoms with Gasteiger partial charge in [0.15, 0.2) is 0 Å². The van der Waals surface area contributed by atoms with Crippen LogP contribution in [-0.4, -0.2) is 22.6 Å². The lowest BCUT2D eigenvalue weighted by Gasteiger charge is -2.63. The molecular formula is C29H34F3N2O2+. The van der Waals surface area contributed by atoms with Crippen LogP contribution in [-0.2, 0) is 15.7 Å². The van der Waals surface area contributed by atoms with E-state index in [0.29, 0.717) is 18.4 Å². The maximum atomic E-state index is 14.0. The minimum atomic E-state index is -4.47. The largest absolute Gasteiger partial charge is 0.462 e. The Kier molecular flexibility index (Phi) is 5.52. The van der Waals surface area contributed by atoms with Crippen LogP contribution in [0.2, 0.25) is 0 Å². The number of carbonyl (C=O) groups excluding carboxylic acids is 1. The topological polar surface area (TPSA) is 43.5 Å². The molecule has 4 aliphatic rings. The first-order valence-corrected chi connectivity index (χ1v) is 12.8. The Morgan fingerprint density at radius 2 is 1.92 bits per heavy atom. The van der Waals surface area contributed by atoms with Crippen molar-refractivity contribution < 1.29 is 22.7 Å². The highest BCUT2D eigenvalue weighted by molar-refractivity contribution is 5.77. The molecule has 0 radical (unpaired) electrons. The summed E-state index contributed by atoms with van der Waals surface area (Å²) in [5, 5.41) is 0. The lowest BCUT2D eigenvalue weighted by Crippen LogP contribution is -2.63. The van der Waals surface area contributed by atoms with E-state index < -0.39 is 22.7 Å². The molecule has 1 aromatic rings. The Hall–Kier alpha value is -2.62. The number of nitrogens with zero attached hydrogens (tertiary/aromatic N) is 2. The SMILES string of the molecule is C#[N+][C@@]12CC=C(c3cnccc3C(F)(F)F)C1(C)CC[C@@]1(C)C2CC=C2CC(OC(C)=O)CCC21C. The molecule has 4 nitrogen and oxygen atoms in total. The fourth-order valence-electron chi connectivity index (χ4n) is 8.43. The van der Waals surface area contributed by atoms with Gasteiger partial charge in [-0.2, -0.15) is 13.2 Å². The number of fused-ring (bicyclic) bond motifs is 5. The number of alkyl halides is 3. The molecule has 7 heteroatoms. The van der Waals surface area contributed by atoms with Crippen molar-refractivity contribution >= 4 is 11.5 Å². The lowest BCUT2D eigenvalue weighted by atomic mass is 9.38. The van der Waals surface area contributed by atoms with E-state index in [9.17, 15) is 18.0 Å². The van der Waals surface area contributed by atoms with Crippen molar-refractivity contribution in [3.63, 3.8) is 0 Å². The summed E-state index contributed by atoms with van der Waals surface area (Å²) in [6.45, 7) is 14.4. The van der Waals surface area contributed by atoms with Crippen molar-refractivity contribution in [2.75, 3.05) is 0 Å². The van der Waals surface area contributed by atoms with Crippen LogP contribution in [0.5, 0.6) is 0 Å². The first-order chi connectivity index (χ1) is 16.8. The second kappa shape index (κ2) is 7.94. The first kappa shape index (κ1) is 25.0. The zero-order valence-electron chi connectivity index (χ0n) is 21.4. The third-order valence-electron chi connectivity index (χ3n) is 10.6. The molecule has 1 aromatic heterocycles. The van der Waals surface area contributed by atoms with Gasteiger partial charge in [-0.15, -0.1) is 0 Å². The number of esters is 1. The summed E-state index contributed by atoms with van der Waals surface area (Å²) in [5.41, 5.74) is -0.109. The molecule has 0 amide bonds. The van der Waals surface area contributed by atoms with E-state index in [1.54, 1.807) is 0 Å². The minimum absolute atomic E-state index is 0.0764. The second-order valence-electron chi connectivity index (χ2n) is 11.9. The molecule has 4 aliphatic carbocycles. The molecule has 1 heterocycles. The van der Waals surface area contributed by atoms with Crippen molar-refractivity contribution in [2.45, 2.75) is 90.5 Å². The van der Waals surface area contributed by atoms with E-state index in [-0.39, 0.29) is 34.4 Å². The van der Waals surface area contributed by atoms with Crippen LogP contribution < -0.4 is 0 Å². The predicted molar refractivity (Wildman–Crippen MR) is 132 cm³/mol. The van der Waals surface area contributed by atoms with Gasteiger partial charge in [0.25, 0.3) is 12.1 Å². The summed E-state index contributed by atoms with van der Waals surface area (Å²) in [4.78, 5) is 20.2. The monoisotopic (exact) mass is 499 g/mol. The van der Waals surface area contributed by atoms with E-state index >= 15 is 0 Å². The van der Waals surface area contributed by atoms with Crippen molar-refractivity contribution in [3.05, 3.63) is 52.2 Å². The van der Waals surface area contributed by atoms with Gasteiger partial charge < -0.3 is 4.74 Å². The van der Waals surface area contributed by atoms with Gasteiger partial charge in [-0.25, -0.2) is 0 Å². The molecular weight excluding hydrogens is 465 g/mol. The van der Waals surface area contributed by atoms with Crippen LogP contribution in [0, 0.1) is 28.7 Å². The van der Waals surface area contributed by atoms with E-state index in [2.05, 4.69) is 29.8 Å². The Morgan fingerprint density at radius 3 is 2.58 bits per heavy atom.